The molecule has 3 heteroatoms. The van der Waals surface area contributed by atoms with Crippen molar-refractivity contribution in [2.45, 2.75) is 31.4 Å². The maximum atomic E-state index is 10.5. The highest BCUT2D eigenvalue weighted by atomic mass is 16.3. The Labute approximate surface area is 113 Å². The van der Waals surface area contributed by atoms with Gasteiger partial charge in [-0.2, -0.15) is 0 Å². The van der Waals surface area contributed by atoms with Gasteiger partial charge >= 0.3 is 0 Å². The molecular weight excluding hydrogens is 236 g/mol. The number of hydrogen-bond donors (Lipinski definition) is 2. The van der Waals surface area contributed by atoms with Gasteiger partial charge in [-0.25, -0.2) is 0 Å². The third-order valence-electron chi connectivity index (χ3n) is 5.02. The molecule has 2 bridgehead atoms. The summed E-state index contributed by atoms with van der Waals surface area (Å²) < 4.78 is 0. The van der Waals surface area contributed by atoms with E-state index in [0.717, 1.165) is 19.5 Å². The summed E-state index contributed by atoms with van der Waals surface area (Å²) in [5, 5.41) is 11.8. The zero-order valence-electron chi connectivity index (χ0n) is 11.0. The van der Waals surface area contributed by atoms with Crippen LogP contribution in [0, 0.1) is 5.92 Å². The maximum absolute atomic E-state index is 10.5. The molecule has 2 N–H and O–H groups in total. The fourth-order valence-electron chi connectivity index (χ4n) is 3.90. The third kappa shape index (κ3) is 1.80. The molecule has 0 spiro atoms. The van der Waals surface area contributed by atoms with Crippen LogP contribution in [-0.4, -0.2) is 40.2 Å². The maximum Gasteiger partial charge on any atom is 0.0727 e. The molecule has 3 aliphatic heterocycles. The molecule has 0 saturated carbocycles. The number of fused-ring (bicyclic) bond motifs is 4. The molecule has 0 radical (unpaired) electrons. The van der Waals surface area contributed by atoms with Crippen molar-refractivity contribution in [1.29, 1.82) is 0 Å². The molecule has 3 fully saturated rings. The van der Waals surface area contributed by atoms with Gasteiger partial charge in [0.25, 0.3) is 0 Å². The number of H-pyrrole nitrogens is 1. The molecular formula is C16H20N2O. The zero-order chi connectivity index (χ0) is 12.8. The van der Waals surface area contributed by atoms with Crippen LogP contribution < -0.4 is 0 Å². The SMILES string of the molecule is OC1C2CCN(CC2)C1Cc1c[nH]c2ccccc12. The van der Waals surface area contributed by atoms with E-state index in [-0.39, 0.29) is 6.10 Å². The van der Waals surface area contributed by atoms with Gasteiger partial charge in [0.05, 0.1) is 6.10 Å². The zero-order valence-corrected chi connectivity index (χ0v) is 11.0. The summed E-state index contributed by atoms with van der Waals surface area (Å²) in [6.45, 7) is 2.32. The smallest absolute Gasteiger partial charge is 0.0727 e. The fourth-order valence-corrected chi connectivity index (χ4v) is 3.90. The van der Waals surface area contributed by atoms with Crippen molar-refractivity contribution < 1.29 is 5.11 Å². The third-order valence-corrected chi connectivity index (χ3v) is 5.02. The minimum absolute atomic E-state index is 0.142. The molecule has 3 nitrogen and oxygen atoms in total. The molecule has 19 heavy (non-hydrogen) atoms. The highest BCUT2D eigenvalue weighted by molar-refractivity contribution is 5.83. The van der Waals surface area contributed by atoms with Gasteiger partial charge in [0, 0.05) is 23.1 Å². The quantitative estimate of drug-likeness (QED) is 0.864. The average Bonchev–Trinajstić information content (AvgIpc) is 2.87. The number of aliphatic hydroxyl groups excluding tert-OH is 1. The second-order valence-electron chi connectivity index (χ2n) is 5.99. The molecule has 4 heterocycles. The minimum atomic E-state index is -0.142. The average molecular weight is 256 g/mol. The van der Waals surface area contributed by atoms with Crippen LogP contribution in [0.25, 0.3) is 10.9 Å². The largest absolute Gasteiger partial charge is 0.391 e. The molecule has 1 aromatic heterocycles. The van der Waals surface area contributed by atoms with Crippen molar-refractivity contribution in [3.63, 3.8) is 0 Å². The lowest BCUT2D eigenvalue weighted by Gasteiger charge is -2.49. The first-order chi connectivity index (χ1) is 9.33. The van der Waals surface area contributed by atoms with Crippen LogP contribution in [0.2, 0.25) is 0 Å². The van der Waals surface area contributed by atoms with Gasteiger partial charge in [-0.3, -0.25) is 4.90 Å². The lowest BCUT2D eigenvalue weighted by atomic mass is 9.78. The highest BCUT2D eigenvalue weighted by Gasteiger charge is 2.41. The molecule has 0 amide bonds. The molecule has 1 aromatic carbocycles. The molecule has 3 saturated heterocycles. The summed E-state index contributed by atoms with van der Waals surface area (Å²) >= 11 is 0. The monoisotopic (exact) mass is 256 g/mol. The fraction of sp³-hybridized carbons (Fsp3) is 0.500. The van der Waals surface area contributed by atoms with Crippen LogP contribution >= 0.6 is 0 Å². The van der Waals surface area contributed by atoms with Crippen molar-refractivity contribution in [3.8, 4) is 0 Å². The van der Waals surface area contributed by atoms with Crippen LogP contribution in [0.1, 0.15) is 18.4 Å². The van der Waals surface area contributed by atoms with E-state index in [0.29, 0.717) is 12.0 Å². The van der Waals surface area contributed by atoms with Crippen molar-refractivity contribution in [2.24, 2.45) is 5.92 Å². The lowest BCUT2D eigenvalue weighted by molar-refractivity contribution is -0.0714. The number of nitrogens with zero attached hydrogens (tertiary/aromatic N) is 1. The summed E-state index contributed by atoms with van der Waals surface area (Å²) in [5.41, 5.74) is 2.54. The van der Waals surface area contributed by atoms with E-state index in [2.05, 4.69) is 40.3 Å². The molecule has 5 rings (SSSR count). The van der Waals surface area contributed by atoms with Gasteiger partial charge in [0.15, 0.2) is 0 Å². The van der Waals surface area contributed by atoms with E-state index >= 15 is 0 Å². The minimum Gasteiger partial charge on any atom is -0.391 e. The normalized spacial score (nSPS) is 33.9. The molecule has 2 aromatic rings. The lowest BCUT2D eigenvalue weighted by Crippen LogP contribution is -2.58. The molecule has 0 aliphatic carbocycles. The van der Waals surface area contributed by atoms with Crippen molar-refractivity contribution in [1.82, 2.24) is 9.88 Å². The second kappa shape index (κ2) is 4.36. The second-order valence-corrected chi connectivity index (χ2v) is 5.99. The molecule has 3 aliphatic rings. The number of aromatic nitrogens is 1. The Kier molecular flexibility index (Phi) is 2.64. The Bertz CT molecular complexity index is 581. The van der Waals surface area contributed by atoms with Crippen LogP contribution in [0.3, 0.4) is 0 Å². The van der Waals surface area contributed by atoms with Crippen LogP contribution in [0.5, 0.6) is 0 Å². The summed E-state index contributed by atoms with van der Waals surface area (Å²) in [7, 11) is 0. The summed E-state index contributed by atoms with van der Waals surface area (Å²) in [6, 6.07) is 8.74. The van der Waals surface area contributed by atoms with Crippen LogP contribution in [0.15, 0.2) is 30.5 Å². The summed E-state index contributed by atoms with van der Waals surface area (Å²) in [5.74, 6) is 0.528. The van der Waals surface area contributed by atoms with Gasteiger partial charge < -0.3 is 10.1 Å². The first-order valence-electron chi connectivity index (χ1n) is 7.30. The number of hydrogen-bond acceptors (Lipinski definition) is 2. The molecule has 2 unspecified atom stereocenters. The first-order valence-corrected chi connectivity index (χ1v) is 7.30. The number of nitrogens with one attached hydrogen (secondary N) is 1. The number of piperidine rings is 3. The summed E-state index contributed by atoms with van der Waals surface area (Å²) in [4.78, 5) is 5.82. The van der Waals surface area contributed by atoms with Gasteiger partial charge in [-0.15, -0.1) is 0 Å². The summed E-state index contributed by atoms with van der Waals surface area (Å²) in [6.07, 6.45) is 5.27. The van der Waals surface area contributed by atoms with E-state index in [1.54, 1.807) is 0 Å². The van der Waals surface area contributed by atoms with Gasteiger partial charge in [-0.05, 0) is 49.9 Å². The van der Waals surface area contributed by atoms with Gasteiger partial charge in [0.1, 0.15) is 0 Å². The van der Waals surface area contributed by atoms with Crippen LogP contribution in [-0.2, 0) is 6.42 Å². The molecule has 2 atom stereocenters. The Morgan fingerprint density at radius 3 is 2.79 bits per heavy atom. The number of aliphatic hydroxyl groups is 1. The van der Waals surface area contributed by atoms with E-state index < -0.39 is 0 Å². The predicted molar refractivity (Wildman–Crippen MR) is 76.1 cm³/mol. The van der Waals surface area contributed by atoms with E-state index in [4.69, 9.17) is 0 Å². The number of aromatic amines is 1. The Balaban J connectivity index is 1.64. The van der Waals surface area contributed by atoms with E-state index in [1.165, 1.54) is 29.3 Å². The molecule has 100 valence electrons. The standard InChI is InChI=1S/C16H20N2O/c19-16-11-5-7-18(8-6-11)15(16)9-12-10-17-14-4-2-1-3-13(12)14/h1-4,10-11,15-17,19H,5-9H2. The van der Waals surface area contributed by atoms with E-state index in [1.807, 2.05) is 0 Å². The van der Waals surface area contributed by atoms with E-state index in [9.17, 15) is 5.11 Å². The number of benzene rings is 1. The van der Waals surface area contributed by atoms with Crippen LogP contribution in [0.4, 0.5) is 0 Å². The van der Waals surface area contributed by atoms with Gasteiger partial charge in [0.2, 0.25) is 0 Å². The first kappa shape index (κ1) is 11.5. The van der Waals surface area contributed by atoms with Gasteiger partial charge in [-0.1, -0.05) is 18.2 Å². The highest BCUT2D eigenvalue weighted by Crippen LogP contribution is 2.34. The number of rotatable bonds is 2. The Morgan fingerprint density at radius 2 is 2.00 bits per heavy atom. The Morgan fingerprint density at radius 1 is 1.21 bits per heavy atom. The number of para-hydroxylation sites is 1. The topological polar surface area (TPSA) is 39.3 Å². The van der Waals surface area contributed by atoms with Crippen molar-refractivity contribution in [2.75, 3.05) is 13.1 Å². The predicted octanol–water partition coefficient (Wildman–Crippen LogP) is 2.17. The van der Waals surface area contributed by atoms with Crippen molar-refractivity contribution in [3.05, 3.63) is 36.0 Å². The Hall–Kier alpha value is -1.32. The van der Waals surface area contributed by atoms with Crippen molar-refractivity contribution >= 4 is 10.9 Å².